The molecule has 0 radical (unpaired) electrons. The van der Waals surface area contributed by atoms with Gasteiger partial charge in [-0.15, -0.1) is 0 Å². The molecule has 1 aliphatic heterocycles. The summed E-state index contributed by atoms with van der Waals surface area (Å²) >= 11 is 0. The van der Waals surface area contributed by atoms with Crippen LogP contribution < -0.4 is 5.32 Å². The molecule has 1 N–H and O–H groups in total. The number of nitrogens with one attached hydrogen (secondary N) is 1. The lowest BCUT2D eigenvalue weighted by molar-refractivity contribution is 0.169. The van der Waals surface area contributed by atoms with Crippen LogP contribution in [0.4, 0.5) is 9.18 Å². The van der Waals surface area contributed by atoms with E-state index in [-0.39, 0.29) is 12.6 Å². The molecule has 0 aliphatic carbocycles. The van der Waals surface area contributed by atoms with Crippen molar-refractivity contribution in [1.29, 1.82) is 0 Å². The van der Waals surface area contributed by atoms with Crippen LogP contribution in [0, 0.1) is 5.92 Å². The molecular formula is C9H17FN2O. The van der Waals surface area contributed by atoms with E-state index in [1.165, 1.54) is 6.42 Å². The quantitative estimate of drug-likeness (QED) is 0.698. The zero-order chi connectivity index (χ0) is 9.68. The fraction of sp³-hybridized carbons (Fsp3) is 0.889. The lowest BCUT2D eigenvalue weighted by atomic mass is 10.0. The largest absolute Gasteiger partial charge is 0.335 e. The lowest BCUT2D eigenvalue weighted by Gasteiger charge is -2.30. The summed E-state index contributed by atoms with van der Waals surface area (Å²) in [7, 11) is 0. The maximum Gasteiger partial charge on any atom is 0.317 e. The number of carbonyl (C=O) groups is 1. The minimum Gasteiger partial charge on any atom is -0.335 e. The van der Waals surface area contributed by atoms with Gasteiger partial charge in [-0.2, -0.15) is 0 Å². The number of amides is 2. The molecule has 4 heteroatoms. The number of hydrogen-bond donors (Lipinski definition) is 1. The van der Waals surface area contributed by atoms with Crippen molar-refractivity contribution < 1.29 is 9.18 Å². The molecule has 0 bridgehead atoms. The third kappa shape index (κ3) is 3.20. The minimum atomic E-state index is -0.491. The average Bonchev–Trinajstić information content (AvgIpc) is 2.14. The Hall–Kier alpha value is -0.800. The highest BCUT2D eigenvalue weighted by Crippen LogP contribution is 2.14. The first-order chi connectivity index (χ1) is 6.24. The van der Waals surface area contributed by atoms with Crippen molar-refractivity contribution in [2.45, 2.75) is 19.8 Å². The molecule has 1 atom stereocenters. The SMILES string of the molecule is C[C@H]1CCCN(C(=O)NCCF)C1. The number of alkyl halides is 1. The second kappa shape index (κ2) is 5.04. The molecule has 0 spiro atoms. The van der Waals surface area contributed by atoms with E-state index in [0.29, 0.717) is 5.92 Å². The van der Waals surface area contributed by atoms with Gasteiger partial charge in [0.2, 0.25) is 0 Å². The highest BCUT2D eigenvalue weighted by molar-refractivity contribution is 5.74. The first kappa shape index (κ1) is 10.3. The molecule has 3 nitrogen and oxygen atoms in total. The molecule has 0 aromatic heterocycles. The summed E-state index contributed by atoms with van der Waals surface area (Å²) in [5.74, 6) is 0.574. The third-order valence-electron chi connectivity index (χ3n) is 2.31. The Morgan fingerprint density at radius 3 is 3.08 bits per heavy atom. The van der Waals surface area contributed by atoms with Crippen molar-refractivity contribution in [3.63, 3.8) is 0 Å². The van der Waals surface area contributed by atoms with Gasteiger partial charge in [-0.3, -0.25) is 0 Å². The van der Waals surface area contributed by atoms with Gasteiger partial charge < -0.3 is 10.2 Å². The van der Waals surface area contributed by atoms with Gasteiger partial charge in [-0.25, -0.2) is 9.18 Å². The summed E-state index contributed by atoms with van der Waals surface area (Å²) in [5.41, 5.74) is 0. The van der Waals surface area contributed by atoms with Gasteiger partial charge in [0.05, 0.1) is 0 Å². The number of nitrogens with zero attached hydrogens (tertiary/aromatic N) is 1. The van der Waals surface area contributed by atoms with Gasteiger partial charge in [0.15, 0.2) is 0 Å². The number of piperidine rings is 1. The van der Waals surface area contributed by atoms with Gasteiger partial charge in [-0.05, 0) is 18.8 Å². The van der Waals surface area contributed by atoms with Gasteiger partial charge >= 0.3 is 6.03 Å². The van der Waals surface area contributed by atoms with Crippen LogP contribution in [-0.2, 0) is 0 Å². The predicted octanol–water partition coefficient (Wildman–Crippen LogP) is 1.40. The molecule has 0 aromatic carbocycles. The molecule has 0 unspecified atom stereocenters. The van der Waals surface area contributed by atoms with E-state index in [2.05, 4.69) is 12.2 Å². The van der Waals surface area contributed by atoms with Gasteiger partial charge in [0.1, 0.15) is 6.67 Å². The molecule has 1 heterocycles. The highest BCUT2D eigenvalue weighted by Gasteiger charge is 2.19. The van der Waals surface area contributed by atoms with Crippen LogP contribution in [0.25, 0.3) is 0 Å². The Kier molecular flexibility index (Phi) is 3.99. The van der Waals surface area contributed by atoms with Crippen molar-refractivity contribution in [2.24, 2.45) is 5.92 Å². The second-order valence-corrected chi connectivity index (χ2v) is 3.61. The monoisotopic (exact) mass is 188 g/mol. The van der Waals surface area contributed by atoms with Crippen molar-refractivity contribution in [1.82, 2.24) is 10.2 Å². The molecule has 1 aliphatic rings. The Morgan fingerprint density at radius 2 is 2.46 bits per heavy atom. The maximum atomic E-state index is 11.8. The molecular weight excluding hydrogens is 171 g/mol. The van der Waals surface area contributed by atoms with Crippen LogP contribution in [0.2, 0.25) is 0 Å². The number of rotatable bonds is 2. The van der Waals surface area contributed by atoms with E-state index < -0.39 is 6.67 Å². The van der Waals surface area contributed by atoms with Crippen molar-refractivity contribution in [2.75, 3.05) is 26.3 Å². The van der Waals surface area contributed by atoms with Crippen molar-refractivity contribution >= 4 is 6.03 Å². The van der Waals surface area contributed by atoms with Crippen LogP contribution in [0.1, 0.15) is 19.8 Å². The summed E-state index contributed by atoms with van der Waals surface area (Å²) in [6.45, 7) is 3.38. The molecule has 1 saturated heterocycles. The Bertz CT molecular complexity index is 175. The molecule has 0 aromatic rings. The third-order valence-corrected chi connectivity index (χ3v) is 2.31. The fourth-order valence-corrected chi connectivity index (χ4v) is 1.64. The normalized spacial score (nSPS) is 22.9. The van der Waals surface area contributed by atoms with Crippen LogP contribution in [-0.4, -0.2) is 37.2 Å². The van der Waals surface area contributed by atoms with E-state index in [1.54, 1.807) is 4.90 Å². The van der Waals surface area contributed by atoms with Gasteiger partial charge in [0.25, 0.3) is 0 Å². The highest BCUT2D eigenvalue weighted by atomic mass is 19.1. The molecule has 13 heavy (non-hydrogen) atoms. The van der Waals surface area contributed by atoms with Crippen LogP contribution in [0.3, 0.4) is 0 Å². The number of halogens is 1. The molecule has 1 fully saturated rings. The summed E-state index contributed by atoms with van der Waals surface area (Å²) in [4.78, 5) is 13.1. The van der Waals surface area contributed by atoms with E-state index in [0.717, 1.165) is 19.5 Å². The number of urea groups is 1. The zero-order valence-electron chi connectivity index (χ0n) is 8.05. The van der Waals surface area contributed by atoms with Gasteiger partial charge in [0, 0.05) is 19.6 Å². The summed E-state index contributed by atoms with van der Waals surface area (Å²) < 4.78 is 11.8. The number of likely N-dealkylation sites (tertiary alicyclic amines) is 1. The molecule has 1 rings (SSSR count). The molecule has 76 valence electrons. The van der Waals surface area contributed by atoms with Crippen molar-refractivity contribution in [3.05, 3.63) is 0 Å². The van der Waals surface area contributed by atoms with Gasteiger partial charge in [-0.1, -0.05) is 6.92 Å². The Balaban J connectivity index is 2.28. The lowest BCUT2D eigenvalue weighted by Crippen LogP contribution is -2.45. The van der Waals surface area contributed by atoms with Crippen LogP contribution >= 0.6 is 0 Å². The minimum absolute atomic E-state index is 0.121. The van der Waals surface area contributed by atoms with Crippen LogP contribution in [0.5, 0.6) is 0 Å². The van der Waals surface area contributed by atoms with E-state index >= 15 is 0 Å². The smallest absolute Gasteiger partial charge is 0.317 e. The molecule has 2 amide bonds. The number of carbonyl (C=O) groups excluding carboxylic acids is 1. The Morgan fingerprint density at radius 1 is 1.69 bits per heavy atom. The maximum absolute atomic E-state index is 11.8. The number of hydrogen-bond acceptors (Lipinski definition) is 1. The molecule has 0 saturated carbocycles. The summed E-state index contributed by atoms with van der Waals surface area (Å²) in [6.07, 6.45) is 2.25. The fourth-order valence-electron chi connectivity index (χ4n) is 1.64. The topological polar surface area (TPSA) is 32.3 Å². The summed E-state index contributed by atoms with van der Waals surface area (Å²) in [6, 6.07) is -0.121. The Labute approximate surface area is 78.3 Å². The zero-order valence-corrected chi connectivity index (χ0v) is 8.05. The first-order valence-electron chi connectivity index (χ1n) is 4.82. The second-order valence-electron chi connectivity index (χ2n) is 3.61. The van der Waals surface area contributed by atoms with Crippen LogP contribution in [0.15, 0.2) is 0 Å². The average molecular weight is 188 g/mol. The standard InChI is InChI=1S/C9H17FN2O/c1-8-3-2-6-12(7-8)9(13)11-5-4-10/h8H,2-7H2,1H3,(H,11,13)/t8-/m0/s1. The van der Waals surface area contributed by atoms with Crippen molar-refractivity contribution in [3.8, 4) is 0 Å². The summed E-state index contributed by atoms with van der Waals surface area (Å²) in [5, 5.41) is 2.53. The first-order valence-corrected chi connectivity index (χ1v) is 4.82. The van der Waals surface area contributed by atoms with E-state index in [9.17, 15) is 9.18 Å². The van der Waals surface area contributed by atoms with E-state index in [4.69, 9.17) is 0 Å². The predicted molar refractivity (Wildman–Crippen MR) is 49.3 cm³/mol. The van der Waals surface area contributed by atoms with E-state index in [1.807, 2.05) is 0 Å².